The van der Waals surface area contributed by atoms with E-state index in [1.165, 1.54) is 5.57 Å². The molecular weight excluding hydrogens is 564 g/mol. The number of aliphatic hydroxyl groups excluding tert-OH is 1. The predicted octanol–water partition coefficient (Wildman–Crippen LogP) is 7.48. The number of aliphatic carboxylic acids is 1. The molecule has 0 radical (unpaired) electrons. The van der Waals surface area contributed by atoms with E-state index in [1.54, 1.807) is 18.2 Å². The Kier molecular flexibility index (Phi) is 7.80. The Morgan fingerprint density at radius 1 is 0.978 bits per heavy atom. The minimum atomic E-state index is -1.02. The van der Waals surface area contributed by atoms with Gasteiger partial charge in [0.1, 0.15) is 5.75 Å². The van der Waals surface area contributed by atoms with Gasteiger partial charge >= 0.3 is 5.97 Å². The molecule has 1 aromatic carbocycles. The van der Waals surface area contributed by atoms with E-state index in [0.717, 1.165) is 43.2 Å². The van der Waals surface area contributed by atoms with Crippen LogP contribution in [0.25, 0.3) is 6.08 Å². The minimum Gasteiger partial charge on any atom is -0.508 e. The summed E-state index contributed by atoms with van der Waals surface area (Å²) >= 11 is 0. The van der Waals surface area contributed by atoms with Crippen LogP contribution < -0.4 is 0 Å². The minimum absolute atomic E-state index is 0.0118. The molecule has 1 aromatic rings. The van der Waals surface area contributed by atoms with E-state index in [-0.39, 0.29) is 45.5 Å². The normalized spacial score (nSPS) is 43.8. The maximum atomic E-state index is 13.3. The molecule has 0 amide bonds. The molecule has 45 heavy (non-hydrogen) atoms. The third-order valence-corrected chi connectivity index (χ3v) is 14.4. The van der Waals surface area contributed by atoms with Crippen molar-refractivity contribution in [1.29, 1.82) is 0 Å². The van der Waals surface area contributed by atoms with Crippen molar-refractivity contribution in [3.05, 3.63) is 47.1 Å². The number of carbonyl (C=O) groups is 2. The number of fused-ring (bicyclic) bond motifs is 7. The lowest BCUT2D eigenvalue weighted by Gasteiger charge is -2.69. The number of phenolic OH excluding ortho intramolecular Hbond substituents is 1. The summed E-state index contributed by atoms with van der Waals surface area (Å²) in [6, 6.07) is 5.12. The number of benzene rings is 1. The third-order valence-electron chi connectivity index (χ3n) is 14.4. The van der Waals surface area contributed by atoms with Gasteiger partial charge in [-0.2, -0.15) is 0 Å². The van der Waals surface area contributed by atoms with Crippen LogP contribution in [0, 0.1) is 58.2 Å². The molecule has 6 unspecified atom stereocenters. The monoisotopic (exact) mass is 618 g/mol. The number of hydrogen-bond donors (Lipinski definition) is 4. The molecule has 246 valence electrons. The van der Waals surface area contributed by atoms with Crippen LogP contribution in [-0.4, -0.2) is 43.9 Å². The van der Waals surface area contributed by atoms with E-state index in [0.29, 0.717) is 43.9 Å². The van der Waals surface area contributed by atoms with Crippen molar-refractivity contribution in [2.45, 2.75) is 117 Å². The molecule has 0 spiro atoms. The molecule has 6 nitrogen and oxygen atoms in total. The first kappa shape index (κ1) is 32.5. The molecule has 0 aromatic heterocycles. The molecule has 4 N–H and O–H groups in total. The molecule has 6 heteroatoms. The van der Waals surface area contributed by atoms with Crippen molar-refractivity contribution in [2.24, 2.45) is 51.2 Å². The Hall–Kier alpha value is -2.44. The number of carbonyl (C=O) groups excluding carboxylic acids is 1. The number of aromatic hydroxyl groups is 1. The second-order valence-corrected chi connectivity index (χ2v) is 17.0. The summed E-state index contributed by atoms with van der Waals surface area (Å²) in [5.74, 6) is -0.0933. The van der Waals surface area contributed by atoms with Crippen LogP contribution in [0.15, 0.2) is 35.9 Å². The molecule has 0 saturated heterocycles. The summed E-state index contributed by atoms with van der Waals surface area (Å²) in [5, 5.41) is 43.8. The first-order valence-corrected chi connectivity index (χ1v) is 17.3. The maximum Gasteiger partial charge on any atom is 0.310 e. The van der Waals surface area contributed by atoms with E-state index in [2.05, 4.69) is 33.8 Å². The molecule has 10 atom stereocenters. The number of phenols is 1. The highest BCUT2D eigenvalue weighted by Gasteiger charge is 2.68. The number of aryl methyl sites for hydroxylation is 1. The van der Waals surface area contributed by atoms with Crippen molar-refractivity contribution in [3.63, 3.8) is 0 Å². The molecule has 5 aliphatic carbocycles. The number of allylic oxidation sites excluding steroid dienone is 2. The van der Waals surface area contributed by atoms with Crippen molar-refractivity contribution >= 4 is 17.8 Å². The molecule has 0 bridgehead atoms. The molecule has 5 aliphatic rings. The van der Waals surface area contributed by atoms with Crippen molar-refractivity contribution < 1.29 is 30.0 Å². The van der Waals surface area contributed by atoms with Gasteiger partial charge in [-0.3, -0.25) is 9.59 Å². The lowest BCUT2D eigenvalue weighted by Crippen LogP contribution is -2.65. The Bertz CT molecular complexity index is 1440. The zero-order valence-corrected chi connectivity index (χ0v) is 28.1. The highest BCUT2D eigenvalue weighted by molar-refractivity contribution is 5.94. The smallest absolute Gasteiger partial charge is 0.310 e. The van der Waals surface area contributed by atoms with Crippen LogP contribution in [0.5, 0.6) is 5.75 Å². The molecule has 0 aliphatic heterocycles. The van der Waals surface area contributed by atoms with Crippen molar-refractivity contribution in [1.82, 2.24) is 0 Å². The molecular formula is C39H54O6. The largest absolute Gasteiger partial charge is 0.508 e. The number of carboxylic acids is 1. The summed E-state index contributed by atoms with van der Waals surface area (Å²) in [4.78, 5) is 26.1. The Morgan fingerprint density at radius 3 is 2.40 bits per heavy atom. The lowest BCUT2D eigenvalue weighted by atomic mass is 9.36. The van der Waals surface area contributed by atoms with Gasteiger partial charge in [-0.1, -0.05) is 51.5 Å². The molecule has 6 rings (SSSR count). The van der Waals surface area contributed by atoms with Gasteiger partial charge in [0.25, 0.3) is 0 Å². The fourth-order valence-corrected chi connectivity index (χ4v) is 12.4. The summed E-state index contributed by atoms with van der Waals surface area (Å²) in [7, 11) is 0. The van der Waals surface area contributed by atoms with Gasteiger partial charge in [0.05, 0.1) is 17.1 Å². The fourth-order valence-electron chi connectivity index (χ4n) is 12.4. The Balaban J connectivity index is 1.27. The van der Waals surface area contributed by atoms with Crippen LogP contribution in [-0.2, 0) is 9.59 Å². The fraction of sp³-hybridized carbons (Fsp3) is 0.692. The van der Waals surface area contributed by atoms with Gasteiger partial charge in [-0.05, 0) is 141 Å². The van der Waals surface area contributed by atoms with Crippen molar-refractivity contribution in [2.75, 3.05) is 0 Å². The van der Waals surface area contributed by atoms with E-state index < -0.39 is 23.1 Å². The number of aliphatic hydroxyl groups is 2. The van der Waals surface area contributed by atoms with Crippen LogP contribution in [0.2, 0.25) is 0 Å². The maximum absolute atomic E-state index is 13.3. The van der Waals surface area contributed by atoms with E-state index in [4.69, 9.17) is 0 Å². The van der Waals surface area contributed by atoms with E-state index >= 15 is 0 Å². The molecule has 4 saturated carbocycles. The van der Waals surface area contributed by atoms with Crippen LogP contribution in [0.1, 0.15) is 110 Å². The van der Waals surface area contributed by atoms with Gasteiger partial charge in [0.15, 0.2) is 5.78 Å². The first-order chi connectivity index (χ1) is 21.0. The molecule has 0 heterocycles. The standard InChI is InChI=1S/C39H54O6/c1-23-20-25(40)10-8-24(23)9-11-26(41)21-29-30(42)22-37(5)31(35(29,2)3)15-18-36(4)28-14-19-39(34(43)44)17-7-16-38(6,45)33(39)27(28)12-13-32(36)37/h8-12,20,28-33,40,42,45H,7,13-19,21-22H2,1-6H3,(H,43,44)/b11-9-/t28?,29?,30-,31?,32?,33?,36+,37?,38-,39+/m1/s1. The van der Waals surface area contributed by atoms with Gasteiger partial charge < -0.3 is 20.4 Å². The number of rotatable bonds is 5. The summed E-state index contributed by atoms with van der Waals surface area (Å²) in [5.41, 5.74) is 0.699. The Labute approximate surface area is 269 Å². The summed E-state index contributed by atoms with van der Waals surface area (Å²) < 4.78 is 0. The highest BCUT2D eigenvalue weighted by atomic mass is 16.4. The summed E-state index contributed by atoms with van der Waals surface area (Å²) in [6.45, 7) is 13.1. The molecule has 4 fully saturated rings. The SMILES string of the molecule is Cc1cc(O)ccc1/C=C\C(=O)CC1[C@H](O)CC2(C)C(CC[C@@]3(C)C4CC[C@@]5(C(=O)O)CCC[C@@](C)(O)C5C4=CCC23)C1(C)C. The second kappa shape index (κ2) is 10.8. The zero-order valence-electron chi connectivity index (χ0n) is 28.1. The van der Waals surface area contributed by atoms with Crippen LogP contribution >= 0.6 is 0 Å². The first-order valence-electron chi connectivity index (χ1n) is 17.3. The quantitative estimate of drug-likeness (QED) is 0.201. The van der Waals surface area contributed by atoms with Gasteiger partial charge in [0, 0.05) is 12.3 Å². The zero-order chi connectivity index (χ0) is 32.7. The number of ketones is 1. The average Bonchev–Trinajstić information content (AvgIpc) is 2.93. The van der Waals surface area contributed by atoms with Gasteiger partial charge in [-0.15, -0.1) is 0 Å². The van der Waals surface area contributed by atoms with E-state index in [9.17, 15) is 30.0 Å². The number of hydrogen-bond acceptors (Lipinski definition) is 5. The van der Waals surface area contributed by atoms with E-state index in [1.807, 2.05) is 26.0 Å². The number of carboxylic acid groups (broad SMARTS) is 1. The topological polar surface area (TPSA) is 115 Å². The highest BCUT2D eigenvalue weighted by Crippen LogP contribution is 2.72. The van der Waals surface area contributed by atoms with Crippen LogP contribution in [0.4, 0.5) is 0 Å². The van der Waals surface area contributed by atoms with Crippen LogP contribution in [0.3, 0.4) is 0 Å². The third kappa shape index (κ3) is 4.87. The Morgan fingerprint density at radius 2 is 1.71 bits per heavy atom. The van der Waals surface area contributed by atoms with Crippen molar-refractivity contribution in [3.8, 4) is 5.75 Å². The summed E-state index contributed by atoms with van der Waals surface area (Å²) in [6.07, 6.45) is 12.5. The van der Waals surface area contributed by atoms with Gasteiger partial charge in [0.2, 0.25) is 0 Å². The average molecular weight is 619 g/mol. The second-order valence-electron chi connectivity index (χ2n) is 17.0. The van der Waals surface area contributed by atoms with Gasteiger partial charge in [-0.25, -0.2) is 0 Å². The lowest BCUT2D eigenvalue weighted by molar-refractivity contribution is -0.207. The predicted molar refractivity (Wildman–Crippen MR) is 175 cm³/mol.